The number of carbonyl (C=O) groups is 1. The molecule has 3 aromatic rings. The average molecular weight is 435 g/mol. The quantitative estimate of drug-likeness (QED) is 0.364. The third-order valence-electron chi connectivity index (χ3n) is 5.84. The van der Waals surface area contributed by atoms with E-state index in [1.807, 2.05) is 17.0 Å². The summed E-state index contributed by atoms with van der Waals surface area (Å²) in [5.74, 6) is 0.995. The summed E-state index contributed by atoms with van der Waals surface area (Å²) < 4.78 is 13.2. The summed E-state index contributed by atoms with van der Waals surface area (Å²) in [6, 6.07) is 18.0. The number of aryl methyl sites for hydroxylation is 1. The number of hydrogen-bond donors (Lipinski definition) is 0. The molecule has 1 amide bonds. The fraction of sp³-hybridized carbons (Fsp3) is 0.370. The molecule has 0 atom stereocenters. The van der Waals surface area contributed by atoms with Crippen molar-refractivity contribution < 1.29 is 14.3 Å². The molecule has 0 bridgehead atoms. The lowest BCUT2D eigenvalue weighted by Crippen LogP contribution is -2.33. The Morgan fingerprint density at radius 1 is 0.938 bits per heavy atom. The van der Waals surface area contributed by atoms with Crippen molar-refractivity contribution in [2.75, 3.05) is 20.8 Å². The summed E-state index contributed by atoms with van der Waals surface area (Å²) in [7, 11) is 3.17. The zero-order valence-electron chi connectivity index (χ0n) is 19.6. The van der Waals surface area contributed by atoms with Crippen LogP contribution in [-0.2, 0) is 13.1 Å². The van der Waals surface area contributed by atoms with E-state index in [1.165, 1.54) is 11.1 Å². The number of hydrogen-bond acceptors (Lipinski definition) is 3. The number of carbonyl (C=O) groups excluding carboxylic acids is 1. The van der Waals surface area contributed by atoms with E-state index in [4.69, 9.17) is 9.47 Å². The van der Waals surface area contributed by atoms with Crippen LogP contribution in [0.5, 0.6) is 11.5 Å². The normalized spacial score (nSPS) is 10.8. The summed E-state index contributed by atoms with van der Waals surface area (Å²) in [5.41, 5.74) is 4.12. The maximum atomic E-state index is 13.7. The Balaban J connectivity index is 1.89. The van der Waals surface area contributed by atoms with E-state index in [-0.39, 0.29) is 5.91 Å². The predicted octanol–water partition coefficient (Wildman–Crippen LogP) is 5.69. The monoisotopic (exact) mass is 434 g/mol. The van der Waals surface area contributed by atoms with Crippen molar-refractivity contribution in [3.05, 3.63) is 83.2 Å². The molecule has 0 fully saturated rings. The van der Waals surface area contributed by atoms with Crippen molar-refractivity contribution >= 4 is 5.91 Å². The number of unbranched alkanes of at least 4 members (excludes halogenated alkanes) is 2. The molecule has 2 aromatic carbocycles. The summed E-state index contributed by atoms with van der Waals surface area (Å²) in [4.78, 5) is 15.6. The second kappa shape index (κ2) is 11.4. The fourth-order valence-corrected chi connectivity index (χ4v) is 3.94. The van der Waals surface area contributed by atoms with E-state index in [2.05, 4.69) is 54.9 Å². The first kappa shape index (κ1) is 23.5. The molecule has 0 aliphatic rings. The molecule has 0 N–H and O–H groups in total. The van der Waals surface area contributed by atoms with Gasteiger partial charge in [-0.1, -0.05) is 50.1 Å². The Bertz CT molecular complexity index is 1000. The minimum absolute atomic E-state index is 0.0703. The van der Waals surface area contributed by atoms with Gasteiger partial charge in [0.15, 0.2) is 0 Å². The van der Waals surface area contributed by atoms with Crippen LogP contribution in [0.4, 0.5) is 0 Å². The minimum atomic E-state index is -0.0703. The molecular weight excluding hydrogens is 400 g/mol. The third-order valence-corrected chi connectivity index (χ3v) is 5.84. The standard InChI is InChI=1S/C27H34N2O3/c1-5-6-9-17-29(27(30)26-24(31-3)15-10-16-25(26)32-4)20-23-14-11-18-28(23)19-22-13-8-7-12-21(22)2/h7-8,10-16,18H,5-6,9,17,19-20H2,1-4H3. The fourth-order valence-electron chi connectivity index (χ4n) is 3.94. The number of ether oxygens (including phenoxy) is 2. The molecule has 5 heteroatoms. The Hall–Kier alpha value is -3.21. The highest BCUT2D eigenvalue weighted by molar-refractivity contribution is 5.99. The zero-order chi connectivity index (χ0) is 22.9. The van der Waals surface area contributed by atoms with Gasteiger partial charge in [-0.3, -0.25) is 4.79 Å². The van der Waals surface area contributed by atoms with Crippen LogP contribution < -0.4 is 9.47 Å². The van der Waals surface area contributed by atoms with Crippen LogP contribution in [-0.4, -0.2) is 36.1 Å². The molecule has 0 radical (unpaired) electrons. The largest absolute Gasteiger partial charge is 0.496 e. The molecule has 1 heterocycles. The van der Waals surface area contributed by atoms with Gasteiger partial charge < -0.3 is 18.9 Å². The highest BCUT2D eigenvalue weighted by Crippen LogP contribution is 2.30. The second-order valence-electron chi connectivity index (χ2n) is 8.03. The molecule has 1 aromatic heterocycles. The Kier molecular flexibility index (Phi) is 8.37. The Labute approximate surface area is 191 Å². The van der Waals surface area contributed by atoms with Crippen LogP contribution in [0.3, 0.4) is 0 Å². The maximum absolute atomic E-state index is 13.7. The van der Waals surface area contributed by atoms with Crippen LogP contribution in [0.2, 0.25) is 0 Å². The Morgan fingerprint density at radius 2 is 1.66 bits per heavy atom. The summed E-state index contributed by atoms with van der Waals surface area (Å²) in [6.07, 6.45) is 5.22. The van der Waals surface area contributed by atoms with Crippen LogP contribution in [0.1, 0.15) is 53.4 Å². The van der Waals surface area contributed by atoms with E-state index in [0.29, 0.717) is 30.2 Å². The maximum Gasteiger partial charge on any atom is 0.261 e. The van der Waals surface area contributed by atoms with Crippen LogP contribution in [0.15, 0.2) is 60.8 Å². The SMILES string of the molecule is CCCCCN(Cc1cccn1Cc1ccccc1C)C(=O)c1c(OC)cccc1OC. The van der Waals surface area contributed by atoms with Crippen molar-refractivity contribution in [1.82, 2.24) is 9.47 Å². The molecule has 3 rings (SSSR count). The van der Waals surface area contributed by atoms with Gasteiger partial charge in [0.05, 0.1) is 20.8 Å². The van der Waals surface area contributed by atoms with Gasteiger partial charge in [-0.05, 0) is 48.7 Å². The first-order chi connectivity index (χ1) is 15.6. The molecular formula is C27H34N2O3. The Morgan fingerprint density at radius 3 is 2.31 bits per heavy atom. The topological polar surface area (TPSA) is 43.7 Å². The number of benzene rings is 2. The molecule has 0 aliphatic carbocycles. The highest BCUT2D eigenvalue weighted by atomic mass is 16.5. The first-order valence-electron chi connectivity index (χ1n) is 11.3. The zero-order valence-corrected chi connectivity index (χ0v) is 19.6. The summed E-state index contributed by atoms with van der Waals surface area (Å²) in [5, 5.41) is 0. The van der Waals surface area contributed by atoms with E-state index >= 15 is 0 Å². The van der Waals surface area contributed by atoms with Gasteiger partial charge >= 0.3 is 0 Å². The van der Waals surface area contributed by atoms with Gasteiger partial charge in [0.1, 0.15) is 17.1 Å². The molecule has 0 aliphatic heterocycles. The van der Waals surface area contributed by atoms with Crippen molar-refractivity contribution in [2.24, 2.45) is 0 Å². The number of methoxy groups -OCH3 is 2. The molecule has 0 saturated heterocycles. The highest BCUT2D eigenvalue weighted by Gasteiger charge is 2.24. The lowest BCUT2D eigenvalue weighted by molar-refractivity contribution is 0.0729. The number of rotatable bonds is 11. The van der Waals surface area contributed by atoms with Crippen LogP contribution >= 0.6 is 0 Å². The van der Waals surface area contributed by atoms with Gasteiger partial charge in [-0.15, -0.1) is 0 Å². The molecule has 170 valence electrons. The van der Waals surface area contributed by atoms with E-state index in [0.717, 1.165) is 31.5 Å². The average Bonchev–Trinajstić information content (AvgIpc) is 3.25. The number of amides is 1. The number of aromatic nitrogens is 1. The van der Waals surface area contributed by atoms with E-state index < -0.39 is 0 Å². The second-order valence-corrected chi connectivity index (χ2v) is 8.03. The van der Waals surface area contributed by atoms with Crippen molar-refractivity contribution in [2.45, 2.75) is 46.2 Å². The first-order valence-corrected chi connectivity index (χ1v) is 11.3. The predicted molar refractivity (Wildman–Crippen MR) is 129 cm³/mol. The van der Waals surface area contributed by atoms with Gasteiger partial charge in [0, 0.05) is 25.0 Å². The van der Waals surface area contributed by atoms with Crippen molar-refractivity contribution in [3.8, 4) is 11.5 Å². The summed E-state index contributed by atoms with van der Waals surface area (Å²) >= 11 is 0. The minimum Gasteiger partial charge on any atom is -0.496 e. The van der Waals surface area contributed by atoms with Crippen LogP contribution in [0, 0.1) is 6.92 Å². The van der Waals surface area contributed by atoms with Gasteiger partial charge in [-0.2, -0.15) is 0 Å². The van der Waals surface area contributed by atoms with Gasteiger partial charge in [0.2, 0.25) is 0 Å². The van der Waals surface area contributed by atoms with Gasteiger partial charge in [0.25, 0.3) is 5.91 Å². The van der Waals surface area contributed by atoms with Gasteiger partial charge in [-0.25, -0.2) is 0 Å². The molecule has 0 spiro atoms. The van der Waals surface area contributed by atoms with E-state index in [9.17, 15) is 4.79 Å². The lowest BCUT2D eigenvalue weighted by Gasteiger charge is -2.25. The van der Waals surface area contributed by atoms with Crippen molar-refractivity contribution in [3.63, 3.8) is 0 Å². The lowest BCUT2D eigenvalue weighted by atomic mass is 10.1. The molecule has 0 saturated carbocycles. The third kappa shape index (κ3) is 5.52. The number of nitrogens with zero attached hydrogens (tertiary/aromatic N) is 2. The summed E-state index contributed by atoms with van der Waals surface area (Å²) in [6.45, 7) is 6.30. The van der Waals surface area contributed by atoms with Crippen LogP contribution in [0.25, 0.3) is 0 Å². The van der Waals surface area contributed by atoms with Crippen molar-refractivity contribution in [1.29, 1.82) is 0 Å². The molecule has 0 unspecified atom stereocenters. The molecule has 5 nitrogen and oxygen atoms in total. The smallest absolute Gasteiger partial charge is 0.261 e. The van der Waals surface area contributed by atoms with E-state index in [1.54, 1.807) is 26.4 Å². The molecule has 32 heavy (non-hydrogen) atoms.